The summed E-state index contributed by atoms with van der Waals surface area (Å²) in [6.45, 7) is 6.42. The summed E-state index contributed by atoms with van der Waals surface area (Å²) in [5.74, 6) is 0.738. The van der Waals surface area contributed by atoms with E-state index < -0.39 is 0 Å². The summed E-state index contributed by atoms with van der Waals surface area (Å²) < 4.78 is 22.4. The Morgan fingerprint density at radius 1 is 0.905 bits per heavy atom. The van der Waals surface area contributed by atoms with E-state index in [-0.39, 0.29) is 0 Å². The predicted molar refractivity (Wildman–Crippen MR) is 84.8 cm³/mol. The summed E-state index contributed by atoms with van der Waals surface area (Å²) in [5, 5.41) is 0. The molecule has 0 spiro atoms. The molecule has 0 unspecified atom stereocenters. The van der Waals surface area contributed by atoms with E-state index in [0.717, 1.165) is 29.8 Å². The molecule has 0 N–H and O–H groups in total. The number of ether oxygens (including phenoxy) is 4. The molecule has 0 atom stereocenters. The van der Waals surface area contributed by atoms with Gasteiger partial charge in [0, 0.05) is 6.61 Å². The Kier molecular flexibility index (Phi) is 11.4. The topological polar surface area (TPSA) is 49.8 Å². The number of halogens is 1. The number of hydrogen-bond donors (Lipinski definition) is 0. The zero-order chi connectivity index (χ0) is 15.2. The fourth-order valence-corrected chi connectivity index (χ4v) is 1.69. The van der Waals surface area contributed by atoms with Gasteiger partial charge < -0.3 is 18.9 Å². The summed E-state index contributed by atoms with van der Waals surface area (Å²) in [5.41, 5.74) is 0. The molecule has 1 aromatic rings. The molecule has 1 rings (SSSR count). The molecule has 0 amide bonds. The maximum absolute atomic E-state index is 5.47. The minimum absolute atomic E-state index is 0.503. The summed E-state index contributed by atoms with van der Waals surface area (Å²) in [6.07, 6.45) is 3.94. The van der Waals surface area contributed by atoms with Crippen molar-refractivity contribution in [2.75, 3.05) is 46.2 Å². The van der Waals surface area contributed by atoms with Gasteiger partial charge in [-0.2, -0.15) is 0 Å². The first-order valence-electron chi connectivity index (χ1n) is 7.30. The van der Waals surface area contributed by atoms with E-state index >= 15 is 0 Å². The average molecular weight is 362 g/mol. The Morgan fingerprint density at radius 3 is 2.10 bits per heavy atom. The smallest absolute Gasteiger partial charge is 0.137 e. The van der Waals surface area contributed by atoms with E-state index in [4.69, 9.17) is 18.9 Å². The van der Waals surface area contributed by atoms with E-state index in [0.29, 0.717) is 39.6 Å². The van der Waals surface area contributed by atoms with Crippen LogP contribution in [0.15, 0.2) is 22.9 Å². The van der Waals surface area contributed by atoms with Gasteiger partial charge in [-0.05, 0) is 34.5 Å². The fraction of sp³-hybridized carbons (Fsp3) is 0.667. The van der Waals surface area contributed by atoms with Crippen LogP contribution in [-0.4, -0.2) is 51.2 Å². The van der Waals surface area contributed by atoms with Gasteiger partial charge in [0.25, 0.3) is 0 Å². The van der Waals surface area contributed by atoms with Crippen molar-refractivity contribution in [2.24, 2.45) is 0 Å². The lowest BCUT2D eigenvalue weighted by Gasteiger charge is -2.08. The third-order valence-corrected chi connectivity index (χ3v) is 3.05. The minimum atomic E-state index is 0.503. The average Bonchev–Trinajstić information content (AvgIpc) is 2.50. The van der Waals surface area contributed by atoms with Crippen LogP contribution in [0, 0.1) is 0 Å². The van der Waals surface area contributed by atoms with Crippen LogP contribution in [0.3, 0.4) is 0 Å². The van der Waals surface area contributed by atoms with Gasteiger partial charge in [-0.1, -0.05) is 13.3 Å². The number of aromatic nitrogens is 1. The third kappa shape index (κ3) is 10.6. The van der Waals surface area contributed by atoms with Gasteiger partial charge in [0.2, 0.25) is 0 Å². The van der Waals surface area contributed by atoms with E-state index in [1.54, 1.807) is 6.20 Å². The molecule has 1 aromatic heterocycles. The third-order valence-electron chi connectivity index (χ3n) is 2.58. The number of nitrogens with zero attached hydrogens (tertiary/aromatic N) is 1. The lowest BCUT2D eigenvalue weighted by atomic mass is 10.4. The summed E-state index contributed by atoms with van der Waals surface area (Å²) in [7, 11) is 0. The minimum Gasteiger partial charge on any atom is -0.490 e. The molecule has 0 aliphatic rings. The number of pyridine rings is 1. The van der Waals surface area contributed by atoms with Gasteiger partial charge in [-0.3, -0.25) is 0 Å². The molecular weight excluding hydrogens is 338 g/mol. The van der Waals surface area contributed by atoms with E-state index in [2.05, 4.69) is 27.8 Å². The molecule has 0 aromatic carbocycles. The Balaban J connectivity index is 1.81. The number of unbranched alkanes of at least 4 members (excludes halogenated alkanes) is 1. The van der Waals surface area contributed by atoms with Crippen molar-refractivity contribution in [3.05, 3.63) is 22.9 Å². The van der Waals surface area contributed by atoms with E-state index in [9.17, 15) is 0 Å². The van der Waals surface area contributed by atoms with E-state index in [1.165, 1.54) is 0 Å². The Bertz CT molecular complexity index is 348. The van der Waals surface area contributed by atoms with Crippen LogP contribution >= 0.6 is 15.9 Å². The molecule has 21 heavy (non-hydrogen) atoms. The van der Waals surface area contributed by atoms with Crippen molar-refractivity contribution in [1.82, 2.24) is 4.98 Å². The molecule has 0 bridgehead atoms. The molecule has 0 aliphatic heterocycles. The van der Waals surface area contributed by atoms with E-state index in [1.807, 2.05) is 12.1 Å². The first kappa shape index (κ1) is 18.4. The Hall–Kier alpha value is -0.690. The predicted octanol–water partition coefficient (Wildman–Crippen LogP) is 3.07. The molecular formula is C15H24BrNO4. The molecule has 1 heterocycles. The van der Waals surface area contributed by atoms with Crippen molar-refractivity contribution < 1.29 is 18.9 Å². The molecule has 0 aliphatic carbocycles. The van der Waals surface area contributed by atoms with Crippen LogP contribution in [0.5, 0.6) is 5.75 Å². The zero-order valence-corrected chi connectivity index (χ0v) is 14.1. The second-order valence-corrected chi connectivity index (χ2v) is 5.17. The van der Waals surface area contributed by atoms with Crippen LogP contribution in [0.1, 0.15) is 19.8 Å². The van der Waals surface area contributed by atoms with Crippen molar-refractivity contribution >= 4 is 15.9 Å². The highest BCUT2D eigenvalue weighted by Gasteiger charge is 1.95. The van der Waals surface area contributed by atoms with Gasteiger partial charge in [0.1, 0.15) is 17.0 Å². The molecule has 0 saturated carbocycles. The van der Waals surface area contributed by atoms with Crippen LogP contribution in [0.4, 0.5) is 0 Å². The molecule has 0 fully saturated rings. The maximum atomic E-state index is 5.47. The monoisotopic (exact) mass is 361 g/mol. The SMILES string of the molecule is CCCCOCCOCCOCCOc1ccc(Br)nc1. The first-order valence-corrected chi connectivity index (χ1v) is 8.10. The van der Waals surface area contributed by atoms with Crippen LogP contribution in [0.25, 0.3) is 0 Å². The second kappa shape index (κ2) is 13.0. The maximum Gasteiger partial charge on any atom is 0.137 e. The standard InChI is InChI=1S/C15H24BrNO4/c1-2-3-6-18-7-8-19-9-10-20-11-12-21-14-4-5-15(16)17-13-14/h4-5,13H,2-3,6-12H2,1H3. The van der Waals surface area contributed by atoms with Crippen molar-refractivity contribution in [3.8, 4) is 5.75 Å². The lowest BCUT2D eigenvalue weighted by molar-refractivity contribution is 0.00893. The Morgan fingerprint density at radius 2 is 1.52 bits per heavy atom. The molecule has 0 saturated heterocycles. The highest BCUT2D eigenvalue weighted by atomic mass is 79.9. The number of hydrogen-bond acceptors (Lipinski definition) is 5. The van der Waals surface area contributed by atoms with Gasteiger partial charge in [0.05, 0.1) is 39.2 Å². The highest BCUT2D eigenvalue weighted by molar-refractivity contribution is 9.10. The summed E-state index contributed by atoms with van der Waals surface area (Å²) in [4.78, 5) is 4.07. The molecule has 0 radical (unpaired) electrons. The van der Waals surface area contributed by atoms with Gasteiger partial charge in [-0.25, -0.2) is 4.98 Å². The first-order chi connectivity index (χ1) is 10.3. The van der Waals surface area contributed by atoms with Gasteiger partial charge >= 0.3 is 0 Å². The van der Waals surface area contributed by atoms with Crippen molar-refractivity contribution in [2.45, 2.75) is 19.8 Å². The van der Waals surface area contributed by atoms with Gasteiger partial charge in [-0.15, -0.1) is 0 Å². The Labute approximate surface area is 135 Å². The summed E-state index contributed by atoms with van der Waals surface area (Å²) >= 11 is 3.27. The molecule has 5 nitrogen and oxygen atoms in total. The van der Waals surface area contributed by atoms with Crippen LogP contribution < -0.4 is 4.74 Å². The van der Waals surface area contributed by atoms with Crippen molar-refractivity contribution in [1.29, 1.82) is 0 Å². The molecule has 120 valence electrons. The molecule has 6 heteroatoms. The lowest BCUT2D eigenvalue weighted by Crippen LogP contribution is -2.13. The zero-order valence-electron chi connectivity index (χ0n) is 12.6. The highest BCUT2D eigenvalue weighted by Crippen LogP contribution is 2.12. The quantitative estimate of drug-likeness (QED) is 0.399. The van der Waals surface area contributed by atoms with Crippen LogP contribution in [-0.2, 0) is 14.2 Å². The van der Waals surface area contributed by atoms with Crippen LogP contribution in [0.2, 0.25) is 0 Å². The summed E-state index contributed by atoms with van der Waals surface area (Å²) in [6, 6.07) is 3.70. The fourth-order valence-electron chi connectivity index (χ4n) is 1.45. The van der Waals surface area contributed by atoms with Crippen molar-refractivity contribution in [3.63, 3.8) is 0 Å². The normalized spacial score (nSPS) is 10.8. The number of rotatable bonds is 13. The largest absolute Gasteiger partial charge is 0.490 e. The van der Waals surface area contributed by atoms with Gasteiger partial charge in [0.15, 0.2) is 0 Å². The second-order valence-electron chi connectivity index (χ2n) is 4.36.